The van der Waals surface area contributed by atoms with Crippen LogP contribution in [-0.4, -0.2) is 29.8 Å². The van der Waals surface area contributed by atoms with Gasteiger partial charge in [0.15, 0.2) is 5.78 Å². The smallest absolute Gasteiger partial charge is 0.179 e. The number of hydrogen-bond donors (Lipinski definition) is 0. The zero-order valence-corrected chi connectivity index (χ0v) is 13.7. The molecule has 0 bridgehead atoms. The molecule has 1 saturated carbocycles. The topological polar surface area (TPSA) is 20.3 Å². The summed E-state index contributed by atoms with van der Waals surface area (Å²) in [6.07, 6.45) is 7.32. The molecule has 1 aliphatic carbocycles. The van der Waals surface area contributed by atoms with Gasteiger partial charge in [0.2, 0.25) is 0 Å². The number of nitrogens with zero attached hydrogens (tertiary/aromatic N) is 1. The molecule has 1 aliphatic rings. The predicted octanol–water partition coefficient (Wildman–Crippen LogP) is 4.55. The summed E-state index contributed by atoms with van der Waals surface area (Å²) >= 11 is 0. The summed E-state index contributed by atoms with van der Waals surface area (Å²) in [5.74, 6) is 1.18. The number of carbonyl (C=O) groups is 1. The van der Waals surface area contributed by atoms with E-state index >= 15 is 0 Å². The largest absolute Gasteiger partial charge is 0.293 e. The first-order chi connectivity index (χ1) is 10.2. The Morgan fingerprint density at radius 3 is 2.29 bits per heavy atom. The van der Waals surface area contributed by atoms with Crippen LogP contribution in [0.1, 0.15) is 62.7 Å². The lowest BCUT2D eigenvalue weighted by molar-refractivity contribution is 0.0713. The van der Waals surface area contributed by atoms with Crippen LogP contribution in [0.2, 0.25) is 0 Å². The molecule has 0 amide bonds. The van der Waals surface area contributed by atoms with Crippen molar-refractivity contribution in [3.8, 4) is 0 Å². The fraction of sp³-hybridized carbons (Fsp3) is 0.632. The molecule has 0 radical (unpaired) electrons. The second-order valence-electron chi connectivity index (χ2n) is 6.40. The van der Waals surface area contributed by atoms with Gasteiger partial charge in [-0.1, -0.05) is 50.6 Å². The summed E-state index contributed by atoms with van der Waals surface area (Å²) in [6, 6.07) is 10.3. The van der Waals surface area contributed by atoms with Gasteiger partial charge in [0.1, 0.15) is 0 Å². The van der Waals surface area contributed by atoms with Crippen LogP contribution in [0.3, 0.4) is 0 Å². The number of benzene rings is 1. The first kappa shape index (κ1) is 16.2. The van der Waals surface area contributed by atoms with Crippen LogP contribution in [0.5, 0.6) is 0 Å². The average Bonchev–Trinajstić information content (AvgIpc) is 2.56. The highest BCUT2D eigenvalue weighted by Gasteiger charge is 2.30. The first-order valence-electron chi connectivity index (χ1n) is 8.48. The van der Waals surface area contributed by atoms with Crippen LogP contribution in [-0.2, 0) is 0 Å². The Morgan fingerprint density at radius 1 is 1.14 bits per heavy atom. The lowest BCUT2D eigenvalue weighted by atomic mass is 9.83. The van der Waals surface area contributed by atoms with E-state index in [1.54, 1.807) is 0 Å². The Balaban J connectivity index is 2.02. The zero-order chi connectivity index (χ0) is 15.2. The van der Waals surface area contributed by atoms with E-state index in [0.717, 1.165) is 17.9 Å². The van der Waals surface area contributed by atoms with E-state index in [1.807, 2.05) is 30.3 Å². The lowest BCUT2D eigenvalue weighted by Crippen LogP contribution is -2.46. The van der Waals surface area contributed by atoms with Gasteiger partial charge in [-0.15, -0.1) is 0 Å². The molecular formula is C19H29NO. The first-order valence-corrected chi connectivity index (χ1v) is 8.48. The highest BCUT2D eigenvalue weighted by molar-refractivity contribution is 6.00. The molecule has 2 rings (SSSR count). The molecule has 1 fully saturated rings. The third-order valence-corrected chi connectivity index (χ3v) is 5.21. The Hall–Kier alpha value is -1.15. The van der Waals surface area contributed by atoms with Crippen molar-refractivity contribution in [2.45, 2.75) is 64.5 Å². The second kappa shape index (κ2) is 7.74. The maximum Gasteiger partial charge on any atom is 0.179 e. The van der Waals surface area contributed by atoms with Gasteiger partial charge in [0.05, 0.1) is 6.04 Å². The maximum absolute atomic E-state index is 12.7. The molecule has 21 heavy (non-hydrogen) atoms. The van der Waals surface area contributed by atoms with Gasteiger partial charge in [-0.2, -0.15) is 0 Å². The molecule has 116 valence electrons. The quantitative estimate of drug-likeness (QED) is 0.715. The summed E-state index contributed by atoms with van der Waals surface area (Å²) in [4.78, 5) is 15.1. The van der Waals surface area contributed by atoms with Crippen LogP contribution in [0.15, 0.2) is 30.3 Å². The van der Waals surface area contributed by atoms with Crippen molar-refractivity contribution in [1.82, 2.24) is 4.90 Å². The number of Topliss-reactive ketones (excluding diaryl/α,β-unsaturated/α-hetero) is 1. The van der Waals surface area contributed by atoms with Crippen molar-refractivity contribution in [2.75, 3.05) is 7.05 Å². The molecule has 2 heteroatoms. The minimum atomic E-state index is 0.0237. The van der Waals surface area contributed by atoms with Crippen molar-refractivity contribution in [3.63, 3.8) is 0 Å². The highest BCUT2D eigenvalue weighted by atomic mass is 16.1. The van der Waals surface area contributed by atoms with Crippen molar-refractivity contribution in [2.24, 2.45) is 5.92 Å². The molecule has 0 heterocycles. The third-order valence-electron chi connectivity index (χ3n) is 5.21. The van der Waals surface area contributed by atoms with Gasteiger partial charge in [-0.3, -0.25) is 9.69 Å². The SMILES string of the molecule is CCC1CCC(N(C)C(CC)C(=O)c2ccccc2)CC1. The normalized spacial score (nSPS) is 24.0. The Morgan fingerprint density at radius 2 is 1.76 bits per heavy atom. The lowest BCUT2D eigenvalue weighted by Gasteiger charge is -2.38. The van der Waals surface area contributed by atoms with Gasteiger partial charge >= 0.3 is 0 Å². The number of hydrogen-bond acceptors (Lipinski definition) is 2. The molecule has 0 spiro atoms. The minimum Gasteiger partial charge on any atom is -0.293 e. The summed E-state index contributed by atoms with van der Waals surface area (Å²) in [5.41, 5.74) is 0.846. The van der Waals surface area contributed by atoms with E-state index in [0.29, 0.717) is 6.04 Å². The van der Waals surface area contributed by atoms with E-state index in [1.165, 1.54) is 32.1 Å². The molecule has 1 unspecified atom stereocenters. The zero-order valence-electron chi connectivity index (χ0n) is 13.7. The number of ketones is 1. The number of likely N-dealkylation sites (N-methyl/N-ethyl adjacent to an activating group) is 1. The van der Waals surface area contributed by atoms with Gasteiger partial charge < -0.3 is 0 Å². The molecule has 1 aromatic rings. The summed E-state index contributed by atoms with van der Waals surface area (Å²) < 4.78 is 0. The fourth-order valence-electron chi connectivity index (χ4n) is 3.67. The summed E-state index contributed by atoms with van der Waals surface area (Å²) in [7, 11) is 2.14. The van der Waals surface area contributed by atoms with Gasteiger partial charge in [-0.05, 0) is 45.1 Å². The molecule has 0 aliphatic heterocycles. The van der Waals surface area contributed by atoms with E-state index < -0.39 is 0 Å². The molecule has 0 saturated heterocycles. The van der Waals surface area contributed by atoms with Crippen LogP contribution in [0.25, 0.3) is 0 Å². The van der Waals surface area contributed by atoms with E-state index in [2.05, 4.69) is 25.8 Å². The van der Waals surface area contributed by atoms with Crippen LogP contribution < -0.4 is 0 Å². The monoisotopic (exact) mass is 287 g/mol. The molecule has 1 atom stereocenters. The van der Waals surface area contributed by atoms with E-state index in [-0.39, 0.29) is 11.8 Å². The molecule has 0 aromatic heterocycles. The molecular weight excluding hydrogens is 258 g/mol. The fourth-order valence-corrected chi connectivity index (χ4v) is 3.67. The van der Waals surface area contributed by atoms with Crippen LogP contribution in [0.4, 0.5) is 0 Å². The van der Waals surface area contributed by atoms with Crippen molar-refractivity contribution in [1.29, 1.82) is 0 Å². The van der Waals surface area contributed by atoms with Gasteiger partial charge in [0.25, 0.3) is 0 Å². The molecule has 1 aromatic carbocycles. The minimum absolute atomic E-state index is 0.0237. The summed E-state index contributed by atoms with van der Waals surface area (Å²) in [6.45, 7) is 4.42. The van der Waals surface area contributed by atoms with Crippen LogP contribution in [0, 0.1) is 5.92 Å². The Labute approximate surface area is 129 Å². The average molecular weight is 287 g/mol. The maximum atomic E-state index is 12.7. The Bertz CT molecular complexity index is 434. The number of carbonyl (C=O) groups excluding carboxylic acids is 1. The van der Waals surface area contributed by atoms with Gasteiger partial charge in [-0.25, -0.2) is 0 Å². The molecule has 0 N–H and O–H groups in total. The standard InChI is InChI=1S/C19H29NO/c1-4-15-11-13-17(14-12-15)20(3)18(5-2)19(21)16-9-7-6-8-10-16/h6-10,15,17-18H,4-5,11-14H2,1-3H3. The Kier molecular flexibility index (Phi) is 5.98. The van der Waals surface area contributed by atoms with E-state index in [9.17, 15) is 4.79 Å². The predicted molar refractivity (Wildman–Crippen MR) is 88.7 cm³/mol. The second-order valence-corrected chi connectivity index (χ2v) is 6.40. The third kappa shape index (κ3) is 3.94. The van der Waals surface area contributed by atoms with Gasteiger partial charge in [0, 0.05) is 11.6 Å². The van der Waals surface area contributed by atoms with Crippen molar-refractivity contribution in [3.05, 3.63) is 35.9 Å². The van der Waals surface area contributed by atoms with Crippen molar-refractivity contribution >= 4 is 5.78 Å². The van der Waals surface area contributed by atoms with Crippen molar-refractivity contribution < 1.29 is 4.79 Å². The van der Waals surface area contributed by atoms with E-state index in [4.69, 9.17) is 0 Å². The highest BCUT2D eigenvalue weighted by Crippen LogP contribution is 2.30. The number of rotatable bonds is 6. The van der Waals surface area contributed by atoms with Crippen LogP contribution >= 0.6 is 0 Å². The molecule has 2 nitrogen and oxygen atoms in total. The summed E-state index contributed by atoms with van der Waals surface area (Å²) in [5, 5.41) is 0.